The Morgan fingerprint density at radius 1 is 1.39 bits per heavy atom. The summed E-state index contributed by atoms with van der Waals surface area (Å²) in [6, 6.07) is 3.49. The topological polar surface area (TPSA) is 59.2 Å². The quantitative estimate of drug-likeness (QED) is 0.871. The summed E-state index contributed by atoms with van der Waals surface area (Å²) in [5.74, 6) is 0.909. The number of rotatable bonds is 5. The summed E-state index contributed by atoms with van der Waals surface area (Å²) in [7, 11) is 0. The van der Waals surface area contributed by atoms with Gasteiger partial charge in [-0.25, -0.2) is 4.98 Å². The lowest BCUT2D eigenvalue weighted by Gasteiger charge is -2.23. The molecule has 4 heteroatoms. The van der Waals surface area contributed by atoms with E-state index in [4.69, 9.17) is 5.73 Å². The molecule has 0 radical (unpaired) electrons. The molecule has 1 aromatic heterocycles. The molecule has 4 nitrogen and oxygen atoms in total. The van der Waals surface area contributed by atoms with Crippen molar-refractivity contribution in [3.05, 3.63) is 23.4 Å². The van der Waals surface area contributed by atoms with E-state index >= 15 is 0 Å². The Hall–Kier alpha value is -1.58. The number of pyridine rings is 1. The minimum atomic E-state index is 0.0370. The molecular weight excluding hydrogens is 226 g/mol. The first kappa shape index (κ1) is 14.5. The first-order valence-corrected chi connectivity index (χ1v) is 6.53. The number of hydrogen-bond acceptors (Lipinski definition) is 3. The van der Waals surface area contributed by atoms with Crippen LogP contribution in [0.4, 0.5) is 5.82 Å². The lowest BCUT2D eigenvalue weighted by atomic mass is 10.1. The average molecular weight is 249 g/mol. The van der Waals surface area contributed by atoms with E-state index in [1.165, 1.54) is 0 Å². The molecule has 0 saturated heterocycles. The number of hydrogen-bond donors (Lipinski definition) is 1. The van der Waals surface area contributed by atoms with Gasteiger partial charge in [0, 0.05) is 24.3 Å². The molecule has 0 spiro atoms. The molecule has 2 N–H and O–H groups in total. The van der Waals surface area contributed by atoms with Gasteiger partial charge in [0.05, 0.1) is 0 Å². The van der Waals surface area contributed by atoms with Gasteiger partial charge in [-0.05, 0) is 31.4 Å². The van der Waals surface area contributed by atoms with Crippen molar-refractivity contribution in [1.29, 1.82) is 0 Å². The number of nitrogens with zero attached hydrogens (tertiary/aromatic N) is 2. The normalized spacial score (nSPS) is 10.7. The summed E-state index contributed by atoms with van der Waals surface area (Å²) in [5.41, 5.74) is 7.23. The molecule has 0 aliphatic heterocycles. The zero-order valence-corrected chi connectivity index (χ0v) is 11.7. The largest absolute Gasteiger partial charge is 0.384 e. The van der Waals surface area contributed by atoms with Crippen LogP contribution in [-0.4, -0.2) is 28.9 Å². The lowest BCUT2D eigenvalue weighted by molar-refractivity contribution is 0.0745. The average Bonchev–Trinajstić information content (AvgIpc) is 2.34. The Labute approximate surface area is 109 Å². The first-order chi connectivity index (χ1) is 8.47. The van der Waals surface area contributed by atoms with Gasteiger partial charge in [-0.2, -0.15) is 0 Å². The number of amides is 1. The molecule has 0 bridgehead atoms. The molecule has 0 saturated carbocycles. The van der Waals surface area contributed by atoms with Crippen molar-refractivity contribution < 1.29 is 4.79 Å². The molecule has 0 atom stereocenters. The van der Waals surface area contributed by atoms with E-state index in [1.807, 2.05) is 24.8 Å². The van der Waals surface area contributed by atoms with E-state index < -0.39 is 0 Å². The fraction of sp³-hybridized carbons (Fsp3) is 0.571. The zero-order valence-electron chi connectivity index (χ0n) is 11.7. The number of aromatic nitrogens is 1. The molecule has 0 aromatic carbocycles. The van der Waals surface area contributed by atoms with Crippen LogP contribution in [-0.2, 0) is 6.42 Å². The van der Waals surface area contributed by atoms with Gasteiger partial charge >= 0.3 is 0 Å². The van der Waals surface area contributed by atoms with Crippen LogP contribution in [0.25, 0.3) is 0 Å². The van der Waals surface area contributed by atoms with Crippen LogP contribution in [0.5, 0.6) is 0 Å². The summed E-state index contributed by atoms with van der Waals surface area (Å²) < 4.78 is 0. The van der Waals surface area contributed by atoms with Crippen molar-refractivity contribution in [2.75, 3.05) is 18.8 Å². The molecule has 100 valence electrons. The van der Waals surface area contributed by atoms with Gasteiger partial charge in [0.25, 0.3) is 5.91 Å². The molecule has 1 aromatic rings. The second-order valence-electron chi connectivity index (χ2n) is 4.86. The molecule has 1 rings (SSSR count). The van der Waals surface area contributed by atoms with Crippen molar-refractivity contribution in [3.63, 3.8) is 0 Å². The van der Waals surface area contributed by atoms with Gasteiger partial charge in [-0.3, -0.25) is 4.79 Å². The predicted molar refractivity (Wildman–Crippen MR) is 74.4 cm³/mol. The monoisotopic (exact) mass is 249 g/mol. The van der Waals surface area contributed by atoms with E-state index in [0.29, 0.717) is 23.8 Å². The second-order valence-corrected chi connectivity index (χ2v) is 4.86. The Bertz CT molecular complexity index is 416. The third kappa shape index (κ3) is 3.72. The summed E-state index contributed by atoms with van der Waals surface area (Å²) in [4.78, 5) is 18.4. The van der Waals surface area contributed by atoms with Crippen molar-refractivity contribution >= 4 is 11.7 Å². The number of carbonyl (C=O) groups is 1. The second kappa shape index (κ2) is 6.38. The van der Waals surface area contributed by atoms with Crippen molar-refractivity contribution in [2.45, 2.75) is 34.1 Å². The van der Waals surface area contributed by atoms with E-state index in [-0.39, 0.29) is 5.91 Å². The Morgan fingerprint density at radius 2 is 2.06 bits per heavy atom. The number of nitrogen functional groups attached to an aromatic ring is 1. The highest BCUT2D eigenvalue weighted by Crippen LogP contribution is 2.12. The third-order valence-electron chi connectivity index (χ3n) is 2.76. The number of anilines is 1. The van der Waals surface area contributed by atoms with Crippen LogP contribution in [0, 0.1) is 5.92 Å². The highest BCUT2D eigenvalue weighted by atomic mass is 16.2. The molecule has 1 heterocycles. The van der Waals surface area contributed by atoms with Crippen molar-refractivity contribution in [3.8, 4) is 0 Å². The molecule has 0 unspecified atom stereocenters. The standard InChI is InChI=1S/C14H23N3O/c1-5-12-7-11(8-13(15)16-12)14(18)17(6-2)9-10(3)4/h7-8,10H,5-6,9H2,1-4H3,(H2,15,16). The van der Waals surface area contributed by atoms with Gasteiger partial charge in [-0.15, -0.1) is 0 Å². The maximum absolute atomic E-state index is 12.4. The van der Waals surface area contributed by atoms with Gasteiger partial charge in [-0.1, -0.05) is 20.8 Å². The number of carbonyl (C=O) groups excluding carboxylic acids is 1. The van der Waals surface area contributed by atoms with Gasteiger partial charge in [0.2, 0.25) is 0 Å². The zero-order chi connectivity index (χ0) is 13.7. The Kier molecular flexibility index (Phi) is 5.13. The summed E-state index contributed by atoms with van der Waals surface area (Å²) in [6.45, 7) is 9.68. The van der Waals surface area contributed by atoms with Gasteiger partial charge in [0.1, 0.15) is 5.82 Å². The Balaban J connectivity index is 2.97. The number of nitrogens with two attached hydrogens (primary N) is 1. The van der Waals surface area contributed by atoms with Crippen LogP contribution in [0.3, 0.4) is 0 Å². The smallest absolute Gasteiger partial charge is 0.254 e. The molecule has 18 heavy (non-hydrogen) atoms. The van der Waals surface area contributed by atoms with Crippen LogP contribution in [0.15, 0.2) is 12.1 Å². The van der Waals surface area contributed by atoms with E-state index in [1.54, 1.807) is 6.07 Å². The van der Waals surface area contributed by atoms with E-state index in [0.717, 1.165) is 18.7 Å². The summed E-state index contributed by atoms with van der Waals surface area (Å²) in [5, 5.41) is 0. The van der Waals surface area contributed by atoms with Gasteiger partial charge in [0.15, 0.2) is 0 Å². The summed E-state index contributed by atoms with van der Waals surface area (Å²) >= 11 is 0. The lowest BCUT2D eigenvalue weighted by Crippen LogP contribution is -2.34. The maximum atomic E-state index is 12.4. The van der Waals surface area contributed by atoms with Crippen molar-refractivity contribution in [2.24, 2.45) is 5.92 Å². The SMILES string of the molecule is CCc1cc(C(=O)N(CC)CC(C)C)cc(N)n1. The minimum Gasteiger partial charge on any atom is -0.384 e. The van der Waals surface area contributed by atoms with Crippen LogP contribution in [0.1, 0.15) is 43.7 Å². The van der Waals surface area contributed by atoms with E-state index in [2.05, 4.69) is 18.8 Å². The third-order valence-corrected chi connectivity index (χ3v) is 2.76. The fourth-order valence-corrected chi connectivity index (χ4v) is 1.89. The highest BCUT2D eigenvalue weighted by molar-refractivity contribution is 5.95. The van der Waals surface area contributed by atoms with Crippen LogP contribution >= 0.6 is 0 Å². The Morgan fingerprint density at radius 3 is 2.56 bits per heavy atom. The van der Waals surface area contributed by atoms with E-state index in [9.17, 15) is 4.79 Å². The van der Waals surface area contributed by atoms with Crippen LogP contribution < -0.4 is 5.73 Å². The van der Waals surface area contributed by atoms with Crippen LogP contribution in [0.2, 0.25) is 0 Å². The first-order valence-electron chi connectivity index (χ1n) is 6.53. The molecule has 0 aliphatic carbocycles. The maximum Gasteiger partial charge on any atom is 0.254 e. The predicted octanol–water partition coefficient (Wildman–Crippen LogP) is 2.34. The molecule has 0 aliphatic rings. The minimum absolute atomic E-state index is 0.0370. The fourth-order valence-electron chi connectivity index (χ4n) is 1.89. The van der Waals surface area contributed by atoms with Gasteiger partial charge < -0.3 is 10.6 Å². The highest BCUT2D eigenvalue weighted by Gasteiger charge is 2.16. The number of aryl methyl sites for hydroxylation is 1. The summed E-state index contributed by atoms with van der Waals surface area (Å²) in [6.07, 6.45) is 0.779. The molecule has 0 fully saturated rings. The van der Waals surface area contributed by atoms with Crippen molar-refractivity contribution in [1.82, 2.24) is 9.88 Å². The molecule has 1 amide bonds. The molecular formula is C14H23N3O.